The molecule has 2 aliphatic rings. The topological polar surface area (TPSA) is 54.3 Å². The van der Waals surface area contributed by atoms with Crippen LogP contribution < -0.4 is 0 Å². The summed E-state index contributed by atoms with van der Waals surface area (Å²) < 4.78 is 2.19. The van der Waals surface area contributed by atoms with Crippen molar-refractivity contribution in [2.45, 2.75) is 43.9 Å². The zero-order valence-corrected chi connectivity index (χ0v) is 16.9. The van der Waals surface area contributed by atoms with E-state index in [9.17, 15) is 4.79 Å². The lowest BCUT2D eigenvalue weighted by atomic mass is 10.1. The summed E-state index contributed by atoms with van der Waals surface area (Å²) in [6, 6.07) is 11.5. The second-order valence-electron chi connectivity index (χ2n) is 7.42. The first-order valence-corrected chi connectivity index (χ1v) is 10.7. The molecule has 4 rings (SSSR count). The fourth-order valence-corrected chi connectivity index (χ4v) is 4.67. The smallest absolute Gasteiger partial charge is 0.233 e. The van der Waals surface area contributed by atoms with Crippen LogP contribution in [0.4, 0.5) is 0 Å². The first kappa shape index (κ1) is 18.5. The molecule has 2 fully saturated rings. The standard InChI is InChI=1S/C20H27N5OS/c1-15(17-6-4-3-5-7-17)23-10-12-24(13-11-23)19(26)14-27-20-22-21-16(2)25(20)18-8-9-18/h3-7,15,18H,8-14H2,1-2H3/t15-/m1/s1. The molecule has 2 heterocycles. The molecule has 0 radical (unpaired) electrons. The molecule has 2 aromatic rings. The molecule has 0 spiro atoms. The van der Waals surface area contributed by atoms with Crippen molar-refractivity contribution in [1.29, 1.82) is 0 Å². The maximum atomic E-state index is 12.7. The average molecular weight is 386 g/mol. The lowest BCUT2D eigenvalue weighted by Gasteiger charge is -2.38. The minimum atomic E-state index is 0.204. The Bertz CT molecular complexity index is 781. The molecular weight excluding hydrogens is 358 g/mol. The van der Waals surface area contributed by atoms with E-state index in [0.717, 1.165) is 37.2 Å². The largest absolute Gasteiger partial charge is 0.339 e. The summed E-state index contributed by atoms with van der Waals surface area (Å²) in [6.07, 6.45) is 2.39. The number of piperazine rings is 1. The first-order valence-electron chi connectivity index (χ1n) is 9.74. The average Bonchev–Trinajstić information content (AvgIpc) is 3.48. The minimum Gasteiger partial charge on any atom is -0.339 e. The molecule has 144 valence electrons. The van der Waals surface area contributed by atoms with Gasteiger partial charge in [0.25, 0.3) is 0 Å². The normalized spacial score (nSPS) is 19.3. The number of aryl methyl sites for hydroxylation is 1. The summed E-state index contributed by atoms with van der Waals surface area (Å²) in [4.78, 5) is 17.1. The lowest BCUT2D eigenvalue weighted by molar-refractivity contribution is -0.130. The Morgan fingerprint density at radius 2 is 1.85 bits per heavy atom. The van der Waals surface area contributed by atoms with Gasteiger partial charge in [-0.15, -0.1) is 10.2 Å². The fraction of sp³-hybridized carbons (Fsp3) is 0.550. The van der Waals surface area contributed by atoms with Crippen molar-refractivity contribution in [2.24, 2.45) is 0 Å². The van der Waals surface area contributed by atoms with Gasteiger partial charge < -0.3 is 9.47 Å². The quantitative estimate of drug-likeness (QED) is 0.716. The third-order valence-electron chi connectivity index (χ3n) is 5.57. The molecule has 0 N–H and O–H groups in total. The highest BCUT2D eigenvalue weighted by atomic mass is 32.2. The summed E-state index contributed by atoms with van der Waals surface area (Å²) in [5.74, 6) is 1.60. The minimum absolute atomic E-state index is 0.204. The number of hydrogen-bond donors (Lipinski definition) is 0. The van der Waals surface area contributed by atoms with Gasteiger partial charge in [-0.3, -0.25) is 9.69 Å². The highest BCUT2D eigenvalue weighted by Gasteiger charge is 2.29. The summed E-state index contributed by atoms with van der Waals surface area (Å²) >= 11 is 1.53. The Labute approximate surface area is 164 Å². The first-order chi connectivity index (χ1) is 13.1. The van der Waals surface area contributed by atoms with Crippen LogP contribution in [0.5, 0.6) is 0 Å². The third kappa shape index (κ3) is 4.19. The molecule has 1 saturated carbocycles. The predicted molar refractivity (Wildman–Crippen MR) is 107 cm³/mol. The van der Waals surface area contributed by atoms with Gasteiger partial charge in [-0.1, -0.05) is 42.1 Å². The second kappa shape index (κ2) is 8.02. The summed E-state index contributed by atoms with van der Waals surface area (Å²) in [7, 11) is 0. The van der Waals surface area contributed by atoms with Crippen LogP contribution in [0.2, 0.25) is 0 Å². The number of amides is 1. The number of carbonyl (C=O) groups excluding carboxylic acids is 1. The van der Waals surface area contributed by atoms with Crippen LogP contribution in [0.15, 0.2) is 35.5 Å². The van der Waals surface area contributed by atoms with Crippen molar-refractivity contribution in [3.05, 3.63) is 41.7 Å². The zero-order chi connectivity index (χ0) is 18.8. The second-order valence-corrected chi connectivity index (χ2v) is 8.37. The van der Waals surface area contributed by atoms with E-state index in [-0.39, 0.29) is 5.91 Å². The van der Waals surface area contributed by atoms with E-state index in [1.54, 1.807) is 0 Å². The summed E-state index contributed by atoms with van der Waals surface area (Å²) in [5.41, 5.74) is 1.34. The molecule has 0 bridgehead atoms. The monoisotopic (exact) mass is 385 g/mol. The van der Waals surface area contributed by atoms with E-state index in [2.05, 4.69) is 56.9 Å². The van der Waals surface area contributed by atoms with Gasteiger partial charge in [0.2, 0.25) is 5.91 Å². The van der Waals surface area contributed by atoms with E-state index in [0.29, 0.717) is 17.8 Å². The Morgan fingerprint density at radius 1 is 1.15 bits per heavy atom. The fourth-order valence-electron chi connectivity index (χ4n) is 3.72. The number of rotatable bonds is 6. The number of nitrogens with zero attached hydrogens (tertiary/aromatic N) is 5. The third-order valence-corrected chi connectivity index (χ3v) is 6.50. The van der Waals surface area contributed by atoms with Crippen LogP contribution in [0.3, 0.4) is 0 Å². The molecule has 6 nitrogen and oxygen atoms in total. The van der Waals surface area contributed by atoms with Crippen molar-refractivity contribution in [1.82, 2.24) is 24.6 Å². The number of thioether (sulfide) groups is 1. The van der Waals surface area contributed by atoms with E-state index >= 15 is 0 Å². The molecule has 1 atom stereocenters. The van der Waals surface area contributed by atoms with Crippen LogP contribution in [0, 0.1) is 6.92 Å². The summed E-state index contributed by atoms with van der Waals surface area (Å²) in [6.45, 7) is 7.67. The molecule has 1 aromatic carbocycles. The van der Waals surface area contributed by atoms with Gasteiger partial charge in [0.15, 0.2) is 5.16 Å². The lowest BCUT2D eigenvalue weighted by Crippen LogP contribution is -2.49. The van der Waals surface area contributed by atoms with Gasteiger partial charge in [0.05, 0.1) is 5.75 Å². The van der Waals surface area contributed by atoms with Crippen molar-refractivity contribution in [3.8, 4) is 0 Å². The zero-order valence-electron chi connectivity index (χ0n) is 16.0. The van der Waals surface area contributed by atoms with Crippen molar-refractivity contribution >= 4 is 17.7 Å². The molecule has 7 heteroatoms. The van der Waals surface area contributed by atoms with Gasteiger partial charge in [0.1, 0.15) is 5.82 Å². The highest BCUT2D eigenvalue weighted by Crippen LogP contribution is 2.38. The highest BCUT2D eigenvalue weighted by molar-refractivity contribution is 7.99. The molecule has 0 unspecified atom stereocenters. The van der Waals surface area contributed by atoms with Gasteiger partial charge in [-0.05, 0) is 32.3 Å². The molecule has 27 heavy (non-hydrogen) atoms. The Kier molecular flexibility index (Phi) is 5.50. The molecule has 1 aromatic heterocycles. The number of hydrogen-bond acceptors (Lipinski definition) is 5. The van der Waals surface area contributed by atoms with Gasteiger partial charge >= 0.3 is 0 Å². The molecular formula is C20H27N5OS. The molecule has 1 aliphatic carbocycles. The predicted octanol–water partition coefficient (Wildman–Crippen LogP) is 2.92. The van der Waals surface area contributed by atoms with Crippen LogP contribution in [-0.4, -0.2) is 62.4 Å². The molecule has 1 saturated heterocycles. The number of aromatic nitrogens is 3. The van der Waals surface area contributed by atoms with Crippen molar-refractivity contribution < 1.29 is 4.79 Å². The maximum absolute atomic E-state index is 12.7. The van der Waals surface area contributed by atoms with Crippen molar-refractivity contribution in [2.75, 3.05) is 31.9 Å². The SMILES string of the molecule is Cc1nnc(SCC(=O)N2CCN([C@H](C)c3ccccc3)CC2)n1C1CC1. The number of benzene rings is 1. The number of carbonyl (C=O) groups is 1. The van der Waals surface area contributed by atoms with Crippen LogP contribution in [0.25, 0.3) is 0 Å². The van der Waals surface area contributed by atoms with Crippen molar-refractivity contribution in [3.63, 3.8) is 0 Å². The Morgan fingerprint density at radius 3 is 2.52 bits per heavy atom. The Balaban J connectivity index is 1.28. The van der Waals surface area contributed by atoms with Gasteiger partial charge in [0, 0.05) is 38.3 Å². The maximum Gasteiger partial charge on any atom is 0.233 e. The van der Waals surface area contributed by atoms with E-state index in [1.165, 1.54) is 30.2 Å². The van der Waals surface area contributed by atoms with E-state index < -0.39 is 0 Å². The van der Waals surface area contributed by atoms with Gasteiger partial charge in [-0.25, -0.2) is 0 Å². The Hall–Kier alpha value is -1.86. The van der Waals surface area contributed by atoms with Gasteiger partial charge in [-0.2, -0.15) is 0 Å². The van der Waals surface area contributed by atoms with Crippen LogP contribution in [-0.2, 0) is 4.79 Å². The molecule has 1 aliphatic heterocycles. The van der Waals surface area contributed by atoms with E-state index in [1.807, 2.05) is 11.8 Å². The molecule has 1 amide bonds. The van der Waals surface area contributed by atoms with Crippen LogP contribution in [0.1, 0.15) is 43.2 Å². The van der Waals surface area contributed by atoms with Crippen LogP contribution >= 0.6 is 11.8 Å². The van der Waals surface area contributed by atoms with E-state index in [4.69, 9.17) is 0 Å². The summed E-state index contributed by atoms with van der Waals surface area (Å²) in [5, 5.41) is 9.34.